The maximum Gasteiger partial charge on any atom is 0.119 e. The second-order valence-electron chi connectivity index (χ2n) is 4.98. The van der Waals surface area contributed by atoms with Crippen LogP contribution in [0.2, 0.25) is 0 Å². The van der Waals surface area contributed by atoms with Gasteiger partial charge in [0.15, 0.2) is 0 Å². The Bertz CT molecular complexity index is 519. The molecule has 2 rings (SSSR count). The zero-order valence-corrected chi connectivity index (χ0v) is 12.4. The maximum atomic E-state index is 5.88. The molecule has 0 fully saturated rings. The first-order chi connectivity index (χ1) is 9.83. The van der Waals surface area contributed by atoms with E-state index < -0.39 is 0 Å². The molecule has 0 bridgehead atoms. The lowest BCUT2D eigenvalue weighted by Crippen LogP contribution is -2.09. The van der Waals surface area contributed by atoms with Crippen molar-refractivity contribution in [3.05, 3.63) is 65.2 Å². The Morgan fingerprint density at radius 2 is 1.65 bits per heavy atom. The Hall–Kier alpha value is -1.80. The molecule has 0 unspecified atom stereocenters. The molecule has 106 valence electrons. The van der Waals surface area contributed by atoms with Gasteiger partial charge in [0.25, 0.3) is 0 Å². The Morgan fingerprint density at radius 3 is 2.30 bits per heavy atom. The molecule has 2 nitrogen and oxygen atoms in total. The molecule has 0 amide bonds. The molecule has 0 aliphatic heterocycles. The SMILES string of the molecule is CCCc1ccc(OCc2ccccc2CNC)cc1. The standard InChI is InChI=1S/C18H23NO/c1-3-6-15-9-11-18(12-10-15)20-14-17-8-5-4-7-16(17)13-19-2/h4-5,7-12,19H,3,6,13-14H2,1-2H3. The summed E-state index contributed by atoms with van der Waals surface area (Å²) in [5.41, 5.74) is 3.90. The van der Waals surface area contributed by atoms with Crippen LogP contribution in [0, 0.1) is 0 Å². The smallest absolute Gasteiger partial charge is 0.119 e. The van der Waals surface area contributed by atoms with Gasteiger partial charge in [-0.15, -0.1) is 0 Å². The lowest BCUT2D eigenvalue weighted by molar-refractivity contribution is 0.304. The van der Waals surface area contributed by atoms with Gasteiger partial charge in [-0.05, 0) is 42.3 Å². The van der Waals surface area contributed by atoms with Crippen LogP contribution in [0.3, 0.4) is 0 Å². The predicted molar refractivity (Wildman–Crippen MR) is 84.0 cm³/mol. The van der Waals surface area contributed by atoms with E-state index in [2.05, 4.69) is 60.8 Å². The molecule has 2 aromatic carbocycles. The average molecular weight is 269 g/mol. The van der Waals surface area contributed by atoms with Crippen LogP contribution in [0.5, 0.6) is 5.75 Å². The quantitative estimate of drug-likeness (QED) is 0.822. The van der Waals surface area contributed by atoms with Crippen LogP contribution < -0.4 is 10.1 Å². The number of ether oxygens (including phenoxy) is 1. The van der Waals surface area contributed by atoms with Crippen LogP contribution in [0.4, 0.5) is 0 Å². The highest BCUT2D eigenvalue weighted by atomic mass is 16.5. The molecule has 0 heterocycles. The third-order valence-electron chi connectivity index (χ3n) is 3.34. The van der Waals surface area contributed by atoms with Gasteiger partial charge in [-0.25, -0.2) is 0 Å². The van der Waals surface area contributed by atoms with Crippen molar-refractivity contribution in [3.8, 4) is 5.75 Å². The summed E-state index contributed by atoms with van der Waals surface area (Å²) in [4.78, 5) is 0. The van der Waals surface area contributed by atoms with Gasteiger partial charge >= 0.3 is 0 Å². The summed E-state index contributed by atoms with van der Waals surface area (Å²) in [6.45, 7) is 3.68. The van der Waals surface area contributed by atoms with Crippen LogP contribution in [0.1, 0.15) is 30.0 Å². The zero-order valence-electron chi connectivity index (χ0n) is 12.4. The fraction of sp³-hybridized carbons (Fsp3) is 0.333. The van der Waals surface area contributed by atoms with Gasteiger partial charge < -0.3 is 10.1 Å². The number of nitrogens with one attached hydrogen (secondary N) is 1. The van der Waals surface area contributed by atoms with Crippen molar-refractivity contribution in [2.75, 3.05) is 7.05 Å². The van der Waals surface area contributed by atoms with Crippen molar-refractivity contribution in [1.82, 2.24) is 5.32 Å². The summed E-state index contributed by atoms with van der Waals surface area (Å²) in [6.07, 6.45) is 2.31. The van der Waals surface area contributed by atoms with Crippen LogP contribution in [0.25, 0.3) is 0 Å². The molecule has 0 saturated heterocycles. The van der Waals surface area contributed by atoms with Gasteiger partial charge in [-0.3, -0.25) is 0 Å². The van der Waals surface area contributed by atoms with Crippen molar-refractivity contribution >= 4 is 0 Å². The lowest BCUT2D eigenvalue weighted by Gasteiger charge is -2.11. The highest BCUT2D eigenvalue weighted by Gasteiger charge is 2.02. The van der Waals surface area contributed by atoms with E-state index in [4.69, 9.17) is 4.74 Å². The fourth-order valence-corrected chi connectivity index (χ4v) is 2.26. The molecule has 0 radical (unpaired) electrons. The molecule has 1 N–H and O–H groups in total. The van der Waals surface area contributed by atoms with E-state index >= 15 is 0 Å². The summed E-state index contributed by atoms with van der Waals surface area (Å²) in [5.74, 6) is 0.934. The molecular formula is C18H23NO. The first-order valence-electron chi connectivity index (χ1n) is 7.26. The monoisotopic (exact) mass is 269 g/mol. The van der Waals surface area contributed by atoms with Gasteiger partial charge in [0.05, 0.1) is 0 Å². The Labute approximate surface area is 121 Å². The van der Waals surface area contributed by atoms with Crippen molar-refractivity contribution in [2.24, 2.45) is 0 Å². The van der Waals surface area contributed by atoms with Gasteiger partial charge in [0.1, 0.15) is 12.4 Å². The van der Waals surface area contributed by atoms with E-state index in [0.29, 0.717) is 6.61 Å². The largest absolute Gasteiger partial charge is 0.489 e. The number of benzene rings is 2. The molecule has 2 heteroatoms. The summed E-state index contributed by atoms with van der Waals surface area (Å²) in [6, 6.07) is 16.8. The molecule has 0 aliphatic carbocycles. The van der Waals surface area contributed by atoms with E-state index in [9.17, 15) is 0 Å². The van der Waals surface area contributed by atoms with Crippen LogP contribution in [-0.4, -0.2) is 7.05 Å². The third-order valence-corrected chi connectivity index (χ3v) is 3.34. The molecule has 0 aromatic heterocycles. The summed E-state index contributed by atoms with van der Waals surface area (Å²) in [5, 5.41) is 3.19. The number of hydrogen-bond acceptors (Lipinski definition) is 2. The molecule has 0 aliphatic rings. The van der Waals surface area contributed by atoms with Crippen molar-refractivity contribution in [3.63, 3.8) is 0 Å². The number of aryl methyl sites for hydroxylation is 1. The van der Waals surface area contributed by atoms with Crippen molar-refractivity contribution in [2.45, 2.75) is 32.9 Å². The van der Waals surface area contributed by atoms with E-state index in [1.165, 1.54) is 23.1 Å². The molecule has 0 atom stereocenters. The van der Waals surface area contributed by atoms with Gasteiger partial charge in [-0.1, -0.05) is 49.7 Å². The van der Waals surface area contributed by atoms with E-state index in [1.807, 2.05) is 7.05 Å². The first-order valence-corrected chi connectivity index (χ1v) is 7.26. The normalized spacial score (nSPS) is 10.5. The molecule has 0 spiro atoms. The minimum absolute atomic E-state index is 0.616. The maximum absolute atomic E-state index is 5.88. The summed E-state index contributed by atoms with van der Waals surface area (Å²) >= 11 is 0. The second-order valence-corrected chi connectivity index (χ2v) is 4.98. The van der Waals surface area contributed by atoms with Crippen molar-refractivity contribution < 1.29 is 4.74 Å². The fourth-order valence-electron chi connectivity index (χ4n) is 2.26. The predicted octanol–water partition coefficient (Wildman–Crippen LogP) is 3.94. The highest BCUT2D eigenvalue weighted by molar-refractivity contribution is 5.30. The van der Waals surface area contributed by atoms with Gasteiger partial charge in [0, 0.05) is 6.54 Å². The Morgan fingerprint density at radius 1 is 0.950 bits per heavy atom. The van der Waals surface area contributed by atoms with Crippen LogP contribution >= 0.6 is 0 Å². The first kappa shape index (κ1) is 14.6. The highest BCUT2D eigenvalue weighted by Crippen LogP contribution is 2.16. The minimum Gasteiger partial charge on any atom is -0.489 e. The van der Waals surface area contributed by atoms with Gasteiger partial charge in [-0.2, -0.15) is 0 Å². The second kappa shape index (κ2) is 7.71. The van der Waals surface area contributed by atoms with Crippen LogP contribution in [0.15, 0.2) is 48.5 Å². The van der Waals surface area contributed by atoms with Crippen LogP contribution in [-0.2, 0) is 19.6 Å². The molecule has 0 saturated carbocycles. The van der Waals surface area contributed by atoms with Crippen molar-refractivity contribution in [1.29, 1.82) is 0 Å². The third kappa shape index (κ3) is 4.10. The molecular weight excluding hydrogens is 246 g/mol. The summed E-state index contributed by atoms with van der Waals surface area (Å²) in [7, 11) is 1.96. The zero-order chi connectivity index (χ0) is 14.2. The van der Waals surface area contributed by atoms with E-state index in [0.717, 1.165) is 18.7 Å². The number of rotatable bonds is 7. The Kier molecular flexibility index (Phi) is 5.63. The summed E-state index contributed by atoms with van der Waals surface area (Å²) < 4.78 is 5.88. The average Bonchev–Trinajstić information content (AvgIpc) is 2.48. The van der Waals surface area contributed by atoms with E-state index in [1.54, 1.807) is 0 Å². The van der Waals surface area contributed by atoms with Gasteiger partial charge in [0.2, 0.25) is 0 Å². The Balaban J connectivity index is 1.97. The minimum atomic E-state index is 0.616. The number of hydrogen-bond donors (Lipinski definition) is 1. The van der Waals surface area contributed by atoms with E-state index in [-0.39, 0.29) is 0 Å². The lowest BCUT2D eigenvalue weighted by atomic mass is 10.1. The topological polar surface area (TPSA) is 21.3 Å². The molecule has 2 aromatic rings. The molecule has 20 heavy (non-hydrogen) atoms.